The molecule has 6 heteroatoms. The number of hydrogen-bond acceptors (Lipinski definition) is 5. The van der Waals surface area contributed by atoms with Crippen molar-refractivity contribution in [2.45, 2.75) is 0 Å². The Morgan fingerprint density at radius 3 is 2.78 bits per heavy atom. The molecule has 0 saturated heterocycles. The molecule has 0 aliphatic heterocycles. The van der Waals surface area contributed by atoms with Crippen LogP contribution in [0.1, 0.15) is 0 Å². The first-order chi connectivity index (χ1) is 8.70. The van der Waals surface area contributed by atoms with Crippen molar-refractivity contribution in [3.63, 3.8) is 0 Å². The summed E-state index contributed by atoms with van der Waals surface area (Å²) in [5.41, 5.74) is 2.06. The van der Waals surface area contributed by atoms with Crippen molar-refractivity contribution in [3.8, 4) is 0 Å². The van der Waals surface area contributed by atoms with Crippen LogP contribution in [0.5, 0.6) is 0 Å². The molecule has 1 N–H and O–H groups in total. The highest BCUT2D eigenvalue weighted by molar-refractivity contribution is 7.99. The summed E-state index contributed by atoms with van der Waals surface area (Å²) < 4.78 is 2.07. The zero-order valence-corrected chi connectivity index (χ0v) is 11.7. The standard InChI is InChI=1S/C12H13ClN4S/c1-17(18-2)10-6-4-3-5-9(10)16-12-7-11(13)14-8-15-12/h3-8H,1-2H3,(H,14,15,16). The lowest BCUT2D eigenvalue weighted by atomic mass is 10.2. The van der Waals surface area contributed by atoms with Gasteiger partial charge in [-0.3, -0.25) is 0 Å². The Kier molecular flexibility index (Phi) is 4.28. The van der Waals surface area contributed by atoms with Gasteiger partial charge in [-0.05, 0) is 12.1 Å². The average molecular weight is 281 g/mol. The summed E-state index contributed by atoms with van der Waals surface area (Å²) in [5.74, 6) is 0.678. The molecule has 0 aliphatic rings. The predicted octanol–water partition coefficient (Wildman–Crippen LogP) is 3.59. The summed E-state index contributed by atoms with van der Waals surface area (Å²) in [6.07, 6.45) is 3.46. The molecule has 0 amide bonds. The van der Waals surface area contributed by atoms with Crippen LogP contribution in [0.3, 0.4) is 0 Å². The Labute approximate surface area is 116 Å². The van der Waals surface area contributed by atoms with Crippen LogP contribution < -0.4 is 9.62 Å². The van der Waals surface area contributed by atoms with E-state index in [-0.39, 0.29) is 0 Å². The normalized spacial score (nSPS) is 10.2. The van der Waals surface area contributed by atoms with Crippen LogP contribution >= 0.6 is 23.5 Å². The van der Waals surface area contributed by atoms with Crippen molar-refractivity contribution in [1.82, 2.24) is 9.97 Å². The Balaban J connectivity index is 2.29. The summed E-state index contributed by atoms with van der Waals surface area (Å²) in [6, 6.07) is 9.71. The number of halogens is 1. The monoisotopic (exact) mass is 280 g/mol. The van der Waals surface area contributed by atoms with Gasteiger partial charge in [0.25, 0.3) is 0 Å². The topological polar surface area (TPSA) is 41.0 Å². The second-order valence-electron chi connectivity index (χ2n) is 3.55. The van der Waals surface area contributed by atoms with Gasteiger partial charge < -0.3 is 9.62 Å². The second-order valence-corrected chi connectivity index (χ2v) is 4.85. The zero-order valence-electron chi connectivity index (χ0n) is 10.1. The number of anilines is 3. The van der Waals surface area contributed by atoms with Crippen LogP contribution in [0.15, 0.2) is 36.7 Å². The molecule has 1 aromatic heterocycles. The molecule has 0 saturated carbocycles. The maximum atomic E-state index is 5.84. The molecule has 0 aliphatic carbocycles. The minimum Gasteiger partial charge on any atom is -0.338 e. The van der Waals surface area contributed by atoms with Gasteiger partial charge in [-0.2, -0.15) is 0 Å². The van der Waals surface area contributed by atoms with E-state index in [9.17, 15) is 0 Å². The number of nitrogens with one attached hydrogen (secondary N) is 1. The molecule has 2 rings (SSSR count). The van der Waals surface area contributed by atoms with Gasteiger partial charge in [-0.1, -0.05) is 35.7 Å². The van der Waals surface area contributed by atoms with E-state index in [0.29, 0.717) is 11.0 Å². The van der Waals surface area contributed by atoms with Gasteiger partial charge in [-0.25, -0.2) is 9.97 Å². The smallest absolute Gasteiger partial charge is 0.135 e. The molecule has 0 atom stereocenters. The molecule has 1 heterocycles. The first-order valence-electron chi connectivity index (χ1n) is 5.32. The number of para-hydroxylation sites is 2. The SMILES string of the molecule is CSN(C)c1ccccc1Nc1cc(Cl)ncn1. The quantitative estimate of drug-likeness (QED) is 0.685. The first kappa shape index (κ1) is 13.0. The summed E-state index contributed by atoms with van der Waals surface area (Å²) in [7, 11) is 2.01. The third-order valence-corrected chi connectivity index (χ3v) is 3.36. The summed E-state index contributed by atoms with van der Waals surface area (Å²) in [4.78, 5) is 7.98. The van der Waals surface area contributed by atoms with E-state index in [2.05, 4.69) is 19.6 Å². The Morgan fingerprint density at radius 1 is 1.28 bits per heavy atom. The fourth-order valence-corrected chi connectivity index (χ4v) is 2.00. The Bertz CT molecular complexity index is 535. The molecule has 18 heavy (non-hydrogen) atoms. The van der Waals surface area contributed by atoms with Gasteiger partial charge >= 0.3 is 0 Å². The maximum absolute atomic E-state index is 5.84. The van der Waals surface area contributed by atoms with Crippen LogP contribution in [0.25, 0.3) is 0 Å². The lowest BCUT2D eigenvalue weighted by Crippen LogP contribution is -2.08. The van der Waals surface area contributed by atoms with Crippen molar-refractivity contribution < 1.29 is 0 Å². The van der Waals surface area contributed by atoms with E-state index in [1.54, 1.807) is 18.0 Å². The van der Waals surface area contributed by atoms with Gasteiger partial charge in [0, 0.05) is 19.4 Å². The molecule has 1 aromatic carbocycles. The second kappa shape index (κ2) is 5.93. The maximum Gasteiger partial charge on any atom is 0.135 e. The fourth-order valence-electron chi connectivity index (χ4n) is 1.49. The van der Waals surface area contributed by atoms with Crippen molar-refractivity contribution in [2.24, 2.45) is 0 Å². The predicted molar refractivity (Wildman–Crippen MR) is 78.7 cm³/mol. The van der Waals surface area contributed by atoms with Crippen LogP contribution in [0.2, 0.25) is 5.15 Å². The summed E-state index contributed by atoms with van der Waals surface area (Å²) in [6.45, 7) is 0. The molecule has 2 aromatic rings. The Hall–Kier alpha value is -1.46. The third kappa shape index (κ3) is 3.05. The van der Waals surface area contributed by atoms with Crippen LogP contribution in [0, 0.1) is 0 Å². The van der Waals surface area contributed by atoms with E-state index in [0.717, 1.165) is 11.4 Å². The molecule has 0 radical (unpaired) electrons. The first-order valence-corrected chi connectivity index (χ1v) is 6.88. The molecular weight excluding hydrogens is 268 g/mol. The summed E-state index contributed by atoms with van der Waals surface area (Å²) >= 11 is 7.48. The number of rotatable bonds is 4. The van der Waals surface area contributed by atoms with Gasteiger partial charge in [0.15, 0.2) is 0 Å². The molecular formula is C12H13ClN4S. The Morgan fingerprint density at radius 2 is 2.06 bits per heavy atom. The highest BCUT2D eigenvalue weighted by atomic mass is 35.5. The number of hydrogen-bond donors (Lipinski definition) is 1. The van der Waals surface area contributed by atoms with Gasteiger partial charge in [0.2, 0.25) is 0 Å². The lowest BCUT2D eigenvalue weighted by Gasteiger charge is -2.19. The van der Waals surface area contributed by atoms with Crippen molar-refractivity contribution >= 4 is 40.7 Å². The van der Waals surface area contributed by atoms with Crippen LogP contribution in [-0.4, -0.2) is 23.3 Å². The number of aromatic nitrogens is 2. The summed E-state index contributed by atoms with van der Waals surface area (Å²) in [5, 5.41) is 3.66. The molecule has 4 nitrogen and oxygen atoms in total. The highest BCUT2D eigenvalue weighted by Gasteiger charge is 2.07. The van der Waals surface area contributed by atoms with Crippen molar-refractivity contribution in [2.75, 3.05) is 22.9 Å². The van der Waals surface area contributed by atoms with E-state index < -0.39 is 0 Å². The minimum absolute atomic E-state index is 0.420. The van der Waals surface area contributed by atoms with Crippen LogP contribution in [-0.2, 0) is 0 Å². The molecule has 94 valence electrons. The van der Waals surface area contributed by atoms with Crippen LogP contribution in [0.4, 0.5) is 17.2 Å². The largest absolute Gasteiger partial charge is 0.338 e. The minimum atomic E-state index is 0.420. The fraction of sp³-hybridized carbons (Fsp3) is 0.167. The van der Waals surface area contributed by atoms with Gasteiger partial charge in [0.1, 0.15) is 17.3 Å². The molecule has 0 unspecified atom stereocenters. The third-order valence-electron chi connectivity index (χ3n) is 2.41. The zero-order chi connectivity index (χ0) is 13.0. The van der Waals surface area contributed by atoms with E-state index in [4.69, 9.17) is 11.6 Å². The van der Waals surface area contributed by atoms with Crippen molar-refractivity contribution in [1.29, 1.82) is 0 Å². The molecule has 0 spiro atoms. The lowest BCUT2D eigenvalue weighted by molar-refractivity contribution is 1.17. The number of nitrogens with zero attached hydrogens (tertiary/aromatic N) is 3. The van der Waals surface area contributed by atoms with Crippen molar-refractivity contribution in [3.05, 3.63) is 41.8 Å². The number of benzene rings is 1. The molecule has 0 bridgehead atoms. The average Bonchev–Trinajstić information content (AvgIpc) is 2.38. The van der Waals surface area contributed by atoms with Gasteiger partial charge in [0.05, 0.1) is 11.4 Å². The van der Waals surface area contributed by atoms with E-state index >= 15 is 0 Å². The van der Waals surface area contributed by atoms with Gasteiger partial charge in [-0.15, -0.1) is 0 Å². The van der Waals surface area contributed by atoms with E-state index in [1.165, 1.54) is 6.33 Å². The highest BCUT2D eigenvalue weighted by Crippen LogP contribution is 2.30. The molecule has 0 fully saturated rings. The van der Waals surface area contributed by atoms with E-state index in [1.807, 2.05) is 37.6 Å².